The lowest BCUT2D eigenvalue weighted by Crippen LogP contribution is -2.06. The number of rotatable bonds is 27. The van der Waals surface area contributed by atoms with E-state index in [1.807, 2.05) is 0 Å². The average Bonchev–Trinajstić information content (AvgIpc) is 2.83. The standard InChI is InChI=1S/C30H58O4/c1-3-5-7-9-11-15-19-23-27-33-29(31)25-21-17-13-14-18-22-26-30(32)34-28-24-20-16-12-10-8-6-4-2/h3-28H2,1-2H3. The first-order valence-electron chi connectivity index (χ1n) is 15.0. The molecule has 0 aliphatic carbocycles. The third-order valence-corrected chi connectivity index (χ3v) is 6.53. The molecule has 202 valence electrons. The van der Waals surface area contributed by atoms with Crippen LogP contribution in [0.5, 0.6) is 0 Å². The zero-order valence-corrected chi connectivity index (χ0v) is 23.0. The van der Waals surface area contributed by atoms with Crippen molar-refractivity contribution in [3.8, 4) is 0 Å². The van der Waals surface area contributed by atoms with Gasteiger partial charge in [-0.1, -0.05) is 129 Å². The Hall–Kier alpha value is -1.06. The Bertz CT molecular complexity index is 396. The third kappa shape index (κ3) is 27.2. The fourth-order valence-electron chi connectivity index (χ4n) is 4.23. The van der Waals surface area contributed by atoms with Gasteiger partial charge in [-0.3, -0.25) is 9.59 Å². The van der Waals surface area contributed by atoms with Gasteiger partial charge >= 0.3 is 11.9 Å². The minimum atomic E-state index is -0.0396. The number of hydrogen-bond donors (Lipinski definition) is 0. The zero-order chi connectivity index (χ0) is 25.0. The molecule has 0 saturated heterocycles. The Morgan fingerprint density at radius 2 is 0.647 bits per heavy atom. The van der Waals surface area contributed by atoms with Crippen LogP contribution in [0.15, 0.2) is 0 Å². The van der Waals surface area contributed by atoms with Gasteiger partial charge in [-0.15, -0.1) is 0 Å². The number of hydrogen-bond acceptors (Lipinski definition) is 4. The second-order valence-electron chi connectivity index (χ2n) is 10.0. The molecule has 0 N–H and O–H groups in total. The van der Waals surface area contributed by atoms with E-state index in [1.54, 1.807) is 0 Å². The van der Waals surface area contributed by atoms with Gasteiger partial charge in [0.15, 0.2) is 0 Å². The Kier molecular flexibility index (Phi) is 27.3. The molecule has 0 spiro atoms. The van der Waals surface area contributed by atoms with E-state index in [-0.39, 0.29) is 11.9 Å². The Morgan fingerprint density at radius 3 is 0.971 bits per heavy atom. The molecule has 0 rings (SSSR count). The highest BCUT2D eigenvalue weighted by molar-refractivity contribution is 5.69. The van der Waals surface area contributed by atoms with Gasteiger partial charge < -0.3 is 9.47 Å². The van der Waals surface area contributed by atoms with Gasteiger partial charge in [0.1, 0.15) is 0 Å². The van der Waals surface area contributed by atoms with Crippen LogP contribution in [0.1, 0.15) is 168 Å². The fourth-order valence-corrected chi connectivity index (χ4v) is 4.23. The maximum atomic E-state index is 11.8. The van der Waals surface area contributed by atoms with Crippen molar-refractivity contribution < 1.29 is 19.1 Å². The molecule has 4 heteroatoms. The number of carbonyl (C=O) groups is 2. The van der Waals surface area contributed by atoms with Crippen molar-refractivity contribution in [2.24, 2.45) is 0 Å². The maximum Gasteiger partial charge on any atom is 0.305 e. The molecule has 0 aromatic rings. The van der Waals surface area contributed by atoms with Gasteiger partial charge in [-0.05, 0) is 25.7 Å². The predicted molar refractivity (Wildman–Crippen MR) is 144 cm³/mol. The first kappa shape index (κ1) is 32.9. The normalized spacial score (nSPS) is 11.0. The van der Waals surface area contributed by atoms with Crippen LogP contribution in [-0.2, 0) is 19.1 Å². The Balaban J connectivity index is 3.25. The summed E-state index contributed by atoms with van der Waals surface area (Å²) < 4.78 is 10.7. The van der Waals surface area contributed by atoms with Gasteiger partial charge in [0.25, 0.3) is 0 Å². The van der Waals surface area contributed by atoms with E-state index in [0.717, 1.165) is 51.4 Å². The van der Waals surface area contributed by atoms with Gasteiger partial charge in [-0.25, -0.2) is 0 Å². The summed E-state index contributed by atoms with van der Waals surface area (Å²) in [5.41, 5.74) is 0. The third-order valence-electron chi connectivity index (χ3n) is 6.53. The molecule has 0 aromatic carbocycles. The van der Waals surface area contributed by atoms with E-state index < -0.39 is 0 Å². The van der Waals surface area contributed by atoms with Crippen LogP contribution in [0, 0.1) is 0 Å². The lowest BCUT2D eigenvalue weighted by molar-refractivity contribution is -0.144. The van der Waals surface area contributed by atoms with Crippen molar-refractivity contribution in [3.63, 3.8) is 0 Å². The van der Waals surface area contributed by atoms with E-state index in [0.29, 0.717) is 26.1 Å². The van der Waals surface area contributed by atoms with Gasteiger partial charge in [0, 0.05) is 12.8 Å². The summed E-state index contributed by atoms with van der Waals surface area (Å²) >= 11 is 0. The van der Waals surface area contributed by atoms with E-state index in [4.69, 9.17) is 9.47 Å². The predicted octanol–water partition coefficient (Wildman–Crippen LogP) is 9.48. The fraction of sp³-hybridized carbons (Fsp3) is 0.933. The van der Waals surface area contributed by atoms with Crippen molar-refractivity contribution in [1.82, 2.24) is 0 Å². The summed E-state index contributed by atoms with van der Waals surface area (Å²) in [7, 11) is 0. The van der Waals surface area contributed by atoms with Gasteiger partial charge in [-0.2, -0.15) is 0 Å². The maximum absolute atomic E-state index is 11.8. The van der Waals surface area contributed by atoms with Crippen molar-refractivity contribution in [3.05, 3.63) is 0 Å². The second kappa shape index (κ2) is 28.2. The molecule has 0 aliphatic heterocycles. The summed E-state index contributed by atoms with van der Waals surface area (Å²) in [6, 6.07) is 0. The molecular weight excluding hydrogens is 424 g/mol. The molecule has 0 saturated carbocycles. The molecule has 0 radical (unpaired) electrons. The number of esters is 2. The van der Waals surface area contributed by atoms with Crippen LogP contribution in [-0.4, -0.2) is 25.2 Å². The molecule has 0 unspecified atom stereocenters. The van der Waals surface area contributed by atoms with Crippen LogP contribution >= 0.6 is 0 Å². The molecule has 0 amide bonds. The summed E-state index contributed by atoms with van der Waals surface area (Å²) in [5, 5.41) is 0. The van der Waals surface area contributed by atoms with Crippen molar-refractivity contribution in [2.45, 2.75) is 168 Å². The van der Waals surface area contributed by atoms with E-state index in [9.17, 15) is 9.59 Å². The first-order chi connectivity index (χ1) is 16.7. The summed E-state index contributed by atoms with van der Waals surface area (Å²) in [4.78, 5) is 23.6. The molecule has 0 aliphatic rings. The minimum absolute atomic E-state index is 0.0396. The molecule has 0 aromatic heterocycles. The minimum Gasteiger partial charge on any atom is -0.466 e. The highest BCUT2D eigenvalue weighted by Gasteiger charge is 2.04. The number of carbonyl (C=O) groups excluding carboxylic acids is 2. The van der Waals surface area contributed by atoms with Gasteiger partial charge in [0.05, 0.1) is 13.2 Å². The van der Waals surface area contributed by atoms with Crippen molar-refractivity contribution in [2.75, 3.05) is 13.2 Å². The lowest BCUT2D eigenvalue weighted by Gasteiger charge is -2.06. The van der Waals surface area contributed by atoms with Crippen LogP contribution < -0.4 is 0 Å². The average molecular weight is 483 g/mol. The monoisotopic (exact) mass is 482 g/mol. The lowest BCUT2D eigenvalue weighted by atomic mass is 10.1. The van der Waals surface area contributed by atoms with E-state index in [1.165, 1.54) is 89.9 Å². The summed E-state index contributed by atoms with van der Waals surface area (Å²) in [6.07, 6.45) is 27.5. The molecular formula is C30H58O4. The van der Waals surface area contributed by atoms with Crippen LogP contribution in [0.4, 0.5) is 0 Å². The van der Waals surface area contributed by atoms with Crippen LogP contribution in [0.25, 0.3) is 0 Å². The Morgan fingerprint density at radius 1 is 0.382 bits per heavy atom. The summed E-state index contributed by atoms with van der Waals surface area (Å²) in [6.45, 7) is 5.66. The summed E-state index contributed by atoms with van der Waals surface area (Å²) in [5.74, 6) is -0.0793. The van der Waals surface area contributed by atoms with Gasteiger partial charge in [0.2, 0.25) is 0 Å². The van der Waals surface area contributed by atoms with Crippen LogP contribution in [0.2, 0.25) is 0 Å². The first-order valence-corrected chi connectivity index (χ1v) is 15.0. The molecule has 0 atom stereocenters. The molecule has 0 heterocycles. The quantitative estimate of drug-likeness (QED) is 0.0864. The van der Waals surface area contributed by atoms with E-state index >= 15 is 0 Å². The number of unbranched alkanes of at least 4 members (excludes halogenated alkanes) is 19. The van der Waals surface area contributed by atoms with Crippen molar-refractivity contribution >= 4 is 11.9 Å². The zero-order valence-electron chi connectivity index (χ0n) is 23.0. The topological polar surface area (TPSA) is 52.6 Å². The SMILES string of the molecule is CCCCCCCCCCOC(=O)CCCCCCCCC(=O)OCCCCCCCCCC. The Labute approximate surface area is 212 Å². The number of ether oxygens (including phenoxy) is 2. The van der Waals surface area contributed by atoms with Crippen LogP contribution in [0.3, 0.4) is 0 Å². The van der Waals surface area contributed by atoms with E-state index in [2.05, 4.69) is 13.8 Å². The largest absolute Gasteiger partial charge is 0.466 e. The highest BCUT2D eigenvalue weighted by Crippen LogP contribution is 2.12. The molecule has 4 nitrogen and oxygen atoms in total. The highest BCUT2D eigenvalue weighted by atomic mass is 16.5. The van der Waals surface area contributed by atoms with Crippen molar-refractivity contribution in [1.29, 1.82) is 0 Å². The molecule has 0 fully saturated rings. The second-order valence-corrected chi connectivity index (χ2v) is 10.0. The molecule has 0 bridgehead atoms. The molecule has 34 heavy (non-hydrogen) atoms. The smallest absolute Gasteiger partial charge is 0.305 e.